The number of nitrogens with zero attached hydrogens (tertiary/aromatic N) is 3. The molecule has 14 aromatic rings. The van der Waals surface area contributed by atoms with Crippen LogP contribution in [0.3, 0.4) is 0 Å². The lowest BCUT2D eigenvalue weighted by atomic mass is 10.1. The zero-order valence-electron chi connectivity index (χ0n) is 38.2. The van der Waals surface area contributed by atoms with E-state index in [2.05, 4.69) is 287 Å². The normalized spacial score (nSPS) is 12.2. The summed E-state index contributed by atoms with van der Waals surface area (Å²) in [6.07, 6.45) is 0. The average molecular weight is 912 g/mol. The molecule has 70 heavy (non-hydrogen) atoms. The molecule has 3 nitrogen and oxygen atoms in total. The summed E-state index contributed by atoms with van der Waals surface area (Å²) >= 11 is 0. The molecule has 0 N–H and O–H groups in total. The third-order valence-corrected chi connectivity index (χ3v) is 18.3. The molecule has 0 aliphatic heterocycles. The molecule has 0 amide bonds. The van der Waals surface area contributed by atoms with Crippen LogP contribution in [0.4, 0.5) is 0 Å². The Balaban J connectivity index is 1.08. The molecule has 0 atom stereocenters. The fraction of sp³-hybridized carbons (Fsp3) is 0. The summed E-state index contributed by atoms with van der Waals surface area (Å²) in [7, 11) is -2.18. The van der Waals surface area contributed by atoms with Gasteiger partial charge in [-0.15, -0.1) is 10.0 Å². The SMILES string of the molecule is c1ccc(-c2ccc(-n3c4ccccc4c4cccc(-n5c6ccccc6c6c(S(c7ccccc7)(c7ccccc7)c7ccc8c(c7)c7ccccc7n8-c7ccccc7)cccc65)c43)cc2)cc1. The zero-order chi connectivity index (χ0) is 46.2. The van der Waals surface area contributed by atoms with Gasteiger partial charge in [-0.2, -0.15) is 0 Å². The maximum atomic E-state index is 2.54. The van der Waals surface area contributed by atoms with Gasteiger partial charge in [0.05, 0.1) is 38.8 Å². The van der Waals surface area contributed by atoms with Crippen LogP contribution in [-0.2, 0) is 0 Å². The van der Waals surface area contributed by atoms with E-state index >= 15 is 0 Å². The number of para-hydroxylation sites is 5. The smallest absolute Gasteiger partial charge is 0.0782 e. The second-order valence-corrected chi connectivity index (χ2v) is 21.1. The maximum absolute atomic E-state index is 2.54. The van der Waals surface area contributed by atoms with E-state index in [1.165, 1.54) is 96.1 Å². The Bertz CT molecular complexity index is 4220. The van der Waals surface area contributed by atoms with Crippen LogP contribution in [0.5, 0.6) is 0 Å². The van der Waals surface area contributed by atoms with Gasteiger partial charge >= 0.3 is 0 Å². The van der Waals surface area contributed by atoms with E-state index < -0.39 is 10.0 Å². The Morgan fingerprint density at radius 3 is 1.40 bits per heavy atom. The van der Waals surface area contributed by atoms with E-state index in [0.717, 1.165) is 17.1 Å². The fourth-order valence-electron chi connectivity index (χ4n) is 11.4. The van der Waals surface area contributed by atoms with Crippen LogP contribution in [0.2, 0.25) is 0 Å². The Morgan fingerprint density at radius 1 is 0.257 bits per heavy atom. The predicted octanol–water partition coefficient (Wildman–Crippen LogP) is 18.0. The van der Waals surface area contributed by atoms with E-state index in [1.807, 2.05) is 0 Å². The second kappa shape index (κ2) is 16.2. The summed E-state index contributed by atoms with van der Waals surface area (Å²) in [5.41, 5.74) is 12.9. The molecule has 0 aliphatic rings. The van der Waals surface area contributed by atoms with Crippen molar-refractivity contribution < 1.29 is 0 Å². The van der Waals surface area contributed by atoms with Gasteiger partial charge in [-0.05, 0) is 114 Å². The fourth-order valence-corrected chi connectivity index (χ4v) is 15.5. The van der Waals surface area contributed by atoms with Gasteiger partial charge in [-0.25, -0.2) is 0 Å². The lowest BCUT2D eigenvalue weighted by Gasteiger charge is -2.42. The van der Waals surface area contributed by atoms with Crippen LogP contribution < -0.4 is 0 Å². The standard InChI is InChI=1S/C66H45N3S/c1-5-21-46(22-6-1)47-39-41-49(42-40-47)68-59-34-17-13-29-53(59)55-32-19-37-63(66(55)68)69-60-35-18-15-31-56(60)65-62(69)36-20-38-64(65)70(50-25-9-3-10-26-50,51-27-11-4-12-28-51)52-43-44-61-57(45-52)54-30-14-16-33-58(54)67(61)48-23-7-2-8-24-48/h1-45H. The molecule has 0 saturated carbocycles. The number of hydrogen-bond donors (Lipinski definition) is 0. The molecule has 0 radical (unpaired) electrons. The molecule has 3 heterocycles. The minimum absolute atomic E-state index is 1.13. The molecule has 0 saturated heterocycles. The highest BCUT2D eigenvalue weighted by Crippen LogP contribution is 2.75. The van der Waals surface area contributed by atoms with Gasteiger partial charge in [-0.3, -0.25) is 0 Å². The van der Waals surface area contributed by atoms with Crippen molar-refractivity contribution in [2.75, 3.05) is 0 Å². The molecule has 0 bridgehead atoms. The minimum Gasteiger partial charge on any atom is -0.309 e. The van der Waals surface area contributed by atoms with Gasteiger partial charge in [0.25, 0.3) is 0 Å². The van der Waals surface area contributed by atoms with Gasteiger partial charge in [0.2, 0.25) is 0 Å². The van der Waals surface area contributed by atoms with Crippen LogP contribution in [0.25, 0.3) is 93.6 Å². The van der Waals surface area contributed by atoms with Crippen LogP contribution in [0.1, 0.15) is 0 Å². The molecular weight excluding hydrogens is 867 g/mol. The predicted molar refractivity (Wildman–Crippen MR) is 295 cm³/mol. The van der Waals surface area contributed by atoms with Gasteiger partial charge in [-0.1, -0.05) is 170 Å². The monoisotopic (exact) mass is 911 g/mol. The molecule has 14 rings (SSSR count). The zero-order valence-corrected chi connectivity index (χ0v) is 39.0. The lowest BCUT2D eigenvalue weighted by Crippen LogP contribution is -2.06. The first-order chi connectivity index (χ1) is 34.8. The Morgan fingerprint density at radius 2 is 0.729 bits per heavy atom. The number of aromatic nitrogens is 3. The van der Waals surface area contributed by atoms with Crippen LogP contribution in [0.15, 0.2) is 293 Å². The highest BCUT2D eigenvalue weighted by atomic mass is 32.3. The quantitative estimate of drug-likeness (QED) is 0.144. The van der Waals surface area contributed by atoms with E-state index in [-0.39, 0.29) is 0 Å². The molecule has 0 fully saturated rings. The second-order valence-electron chi connectivity index (χ2n) is 18.0. The van der Waals surface area contributed by atoms with E-state index in [1.54, 1.807) is 0 Å². The third kappa shape index (κ3) is 5.97. The van der Waals surface area contributed by atoms with Crippen molar-refractivity contribution in [3.63, 3.8) is 0 Å². The van der Waals surface area contributed by atoms with Crippen molar-refractivity contribution in [3.05, 3.63) is 273 Å². The first-order valence-electron chi connectivity index (χ1n) is 24.0. The Kier molecular flexibility index (Phi) is 9.29. The average Bonchev–Trinajstić information content (AvgIpc) is 4.08. The topological polar surface area (TPSA) is 14.8 Å². The van der Waals surface area contributed by atoms with Crippen molar-refractivity contribution in [2.45, 2.75) is 19.6 Å². The molecule has 330 valence electrons. The lowest BCUT2D eigenvalue weighted by molar-refractivity contribution is 1.13. The largest absolute Gasteiger partial charge is 0.309 e. The Labute approximate surface area is 407 Å². The highest BCUT2D eigenvalue weighted by Gasteiger charge is 2.37. The summed E-state index contributed by atoms with van der Waals surface area (Å²) in [5.74, 6) is 0. The van der Waals surface area contributed by atoms with Crippen LogP contribution in [-0.4, -0.2) is 13.7 Å². The van der Waals surface area contributed by atoms with Crippen molar-refractivity contribution >= 4 is 75.4 Å². The third-order valence-electron chi connectivity index (χ3n) is 14.3. The van der Waals surface area contributed by atoms with Crippen molar-refractivity contribution in [3.8, 4) is 28.2 Å². The van der Waals surface area contributed by atoms with Gasteiger partial charge in [0.15, 0.2) is 0 Å². The van der Waals surface area contributed by atoms with Gasteiger partial charge in [0.1, 0.15) is 0 Å². The summed E-state index contributed by atoms with van der Waals surface area (Å²) in [6.45, 7) is 0. The van der Waals surface area contributed by atoms with Crippen molar-refractivity contribution in [1.82, 2.24) is 13.7 Å². The van der Waals surface area contributed by atoms with Gasteiger partial charge in [0, 0.05) is 63.3 Å². The highest BCUT2D eigenvalue weighted by molar-refractivity contribution is 8.34. The van der Waals surface area contributed by atoms with Crippen LogP contribution >= 0.6 is 10.0 Å². The summed E-state index contributed by atoms with van der Waals surface area (Å²) in [6, 6.07) is 101. The minimum atomic E-state index is -2.18. The molecule has 3 aromatic heterocycles. The van der Waals surface area contributed by atoms with E-state index in [4.69, 9.17) is 0 Å². The molecule has 0 spiro atoms. The van der Waals surface area contributed by atoms with Crippen molar-refractivity contribution in [2.24, 2.45) is 0 Å². The van der Waals surface area contributed by atoms with Crippen molar-refractivity contribution in [1.29, 1.82) is 0 Å². The number of rotatable bonds is 8. The molecule has 11 aromatic carbocycles. The molecular formula is C66H45N3S. The summed E-state index contributed by atoms with van der Waals surface area (Å²) in [5, 5.41) is 7.43. The molecule has 4 heteroatoms. The van der Waals surface area contributed by atoms with E-state index in [9.17, 15) is 0 Å². The molecule has 0 aliphatic carbocycles. The summed E-state index contributed by atoms with van der Waals surface area (Å²) in [4.78, 5) is 5.18. The molecule has 0 unspecified atom stereocenters. The number of benzene rings is 11. The number of fused-ring (bicyclic) bond motifs is 9. The first kappa shape index (κ1) is 40.3. The van der Waals surface area contributed by atoms with E-state index in [0.29, 0.717) is 0 Å². The van der Waals surface area contributed by atoms with Crippen LogP contribution in [0, 0.1) is 0 Å². The van der Waals surface area contributed by atoms with Gasteiger partial charge < -0.3 is 13.7 Å². The maximum Gasteiger partial charge on any atom is 0.0782 e. The number of hydrogen-bond acceptors (Lipinski definition) is 0. The Hall–Kier alpha value is -8.83. The summed E-state index contributed by atoms with van der Waals surface area (Å²) < 4.78 is 7.44. The first-order valence-corrected chi connectivity index (χ1v) is 25.6.